The SMILES string of the molecule is CCCc1sc(C(=O)N2CC[C@@H]3CNC[C@@H]3CC2)cc1CC.Cl. The van der Waals surface area contributed by atoms with E-state index in [0.29, 0.717) is 0 Å². The van der Waals surface area contributed by atoms with Gasteiger partial charge in [0.15, 0.2) is 0 Å². The molecular weight excluding hydrogens is 328 g/mol. The molecule has 130 valence electrons. The Hall–Kier alpha value is -0.580. The second kappa shape index (κ2) is 8.50. The summed E-state index contributed by atoms with van der Waals surface area (Å²) in [4.78, 5) is 17.4. The Morgan fingerprint density at radius 2 is 1.91 bits per heavy atom. The lowest BCUT2D eigenvalue weighted by molar-refractivity contribution is 0.0763. The molecule has 2 atom stereocenters. The Morgan fingerprint density at radius 1 is 1.26 bits per heavy atom. The summed E-state index contributed by atoms with van der Waals surface area (Å²) < 4.78 is 0. The maximum atomic E-state index is 12.9. The Morgan fingerprint density at radius 3 is 2.48 bits per heavy atom. The molecule has 3 rings (SSSR count). The molecule has 0 unspecified atom stereocenters. The number of hydrogen-bond donors (Lipinski definition) is 1. The molecule has 23 heavy (non-hydrogen) atoms. The van der Waals surface area contributed by atoms with Crippen LogP contribution in [0, 0.1) is 11.8 Å². The van der Waals surface area contributed by atoms with Gasteiger partial charge in [-0.3, -0.25) is 4.79 Å². The maximum Gasteiger partial charge on any atom is 0.263 e. The van der Waals surface area contributed by atoms with Gasteiger partial charge in [-0.25, -0.2) is 0 Å². The highest BCUT2D eigenvalue weighted by Crippen LogP contribution is 2.30. The van der Waals surface area contributed by atoms with Crippen molar-refractivity contribution in [2.75, 3.05) is 26.2 Å². The van der Waals surface area contributed by atoms with Gasteiger partial charge in [0.25, 0.3) is 5.91 Å². The van der Waals surface area contributed by atoms with Crippen molar-refractivity contribution in [1.82, 2.24) is 10.2 Å². The fourth-order valence-corrected chi connectivity index (χ4v) is 5.21. The van der Waals surface area contributed by atoms with Crippen LogP contribution in [0.4, 0.5) is 0 Å². The third kappa shape index (κ3) is 4.09. The summed E-state index contributed by atoms with van der Waals surface area (Å²) >= 11 is 1.74. The second-order valence-electron chi connectivity index (χ2n) is 6.71. The van der Waals surface area contributed by atoms with Crippen LogP contribution in [0.25, 0.3) is 0 Å². The third-order valence-electron chi connectivity index (χ3n) is 5.27. The largest absolute Gasteiger partial charge is 0.338 e. The molecule has 3 heterocycles. The average molecular weight is 357 g/mol. The minimum absolute atomic E-state index is 0. The van der Waals surface area contributed by atoms with Crippen LogP contribution < -0.4 is 5.32 Å². The van der Waals surface area contributed by atoms with Crippen molar-refractivity contribution in [3.8, 4) is 0 Å². The van der Waals surface area contributed by atoms with E-state index >= 15 is 0 Å². The molecule has 2 saturated heterocycles. The highest BCUT2D eigenvalue weighted by atomic mass is 35.5. The number of nitrogens with zero attached hydrogens (tertiary/aromatic N) is 1. The first kappa shape index (κ1) is 18.8. The summed E-state index contributed by atoms with van der Waals surface area (Å²) in [5.74, 6) is 1.83. The van der Waals surface area contributed by atoms with Gasteiger partial charge < -0.3 is 10.2 Å². The minimum Gasteiger partial charge on any atom is -0.338 e. The van der Waals surface area contributed by atoms with E-state index in [4.69, 9.17) is 0 Å². The number of carbonyl (C=O) groups is 1. The predicted octanol–water partition coefficient (Wildman–Crippen LogP) is 3.76. The number of likely N-dealkylation sites (tertiary alicyclic amines) is 1. The molecule has 0 bridgehead atoms. The second-order valence-corrected chi connectivity index (χ2v) is 7.85. The van der Waals surface area contributed by atoms with Gasteiger partial charge in [0.05, 0.1) is 4.88 Å². The van der Waals surface area contributed by atoms with Gasteiger partial charge >= 0.3 is 0 Å². The molecule has 1 N–H and O–H groups in total. The van der Waals surface area contributed by atoms with E-state index in [1.54, 1.807) is 11.3 Å². The molecule has 5 heteroatoms. The Balaban J connectivity index is 0.00000192. The van der Waals surface area contributed by atoms with Gasteiger partial charge in [-0.05, 0) is 62.2 Å². The lowest BCUT2D eigenvalue weighted by atomic mass is 9.92. The number of hydrogen-bond acceptors (Lipinski definition) is 3. The number of amides is 1. The molecule has 0 aliphatic carbocycles. The summed E-state index contributed by atoms with van der Waals surface area (Å²) in [6.45, 7) is 8.56. The zero-order valence-corrected chi connectivity index (χ0v) is 15.9. The zero-order chi connectivity index (χ0) is 15.5. The molecule has 0 aromatic carbocycles. The molecule has 0 saturated carbocycles. The van der Waals surface area contributed by atoms with E-state index in [1.165, 1.54) is 10.4 Å². The van der Waals surface area contributed by atoms with Crippen LogP contribution in [0.5, 0.6) is 0 Å². The smallest absolute Gasteiger partial charge is 0.263 e. The van der Waals surface area contributed by atoms with Crippen LogP contribution in [0.3, 0.4) is 0 Å². The number of rotatable bonds is 4. The Kier molecular flexibility index (Phi) is 6.93. The lowest BCUT2D eigenvalue weighted by Crippen LogP contribution is -2.32. The molecule has 1 amide bonds. The molecule has 1 aromatic heterocycles. The summed E-state index contributed by atoms with van der Waals surface area (Å²) in [6, 6.07) is 2.16. The first-order valence-electron chi connectivity index (χ1n) is 8.84. The van der Waals surface area contributed by atoms with Gasteiger partial charge in [-0.15, -0.1) is 23.7 Å². The van der Waals surface area contributed by atoms with Gasteiger partial charge in [-0.2, -0.15) is 0 Å². The van der Waals surface area contributed by atoms with Crippen molar-refractivity contribution in [3.63, 3.8) is 0 Å². The lowest BCUT2D eigenvalue weighted by Gasteiger charge is -2.20. The van der Waals surface area contributed by atoms with E-state index in [1.807, 2.05) is 0 Å². The molecule has 2 aliphatic heterocycles. The fourth-order valence-electron chi connectivity index (χ4n) is 3.89. The molecule has 2 aliphatic rings. The van der Waals surface area contributed by atoms with Crippen molar-refractivity contribution in [1.29, 1.82) is 0 Å². The number of aryl methyl sites for hydroxylation is 2. The van der Waals surface area contributed by atoms with E-state index < -0.39 is 0 Å². The quantitative estimate of drug-likeness (QED) is 0.890. The standard InChI is InChI=1S/C18H28N2OS.ClH/c1-3-5-16-13(4-2)10-17(22-16)18(21)20-8-6-14-11-19-12-15(14)7-9-20;/h10,14-15,19H,3-9,11-12H2,1-2H3;1H/t14-,15+;. The van der Waals surface area contributed by atoms with Gasteiger partial charge in [-0.1, -0.05) is 20.3 Å². The maximum absolute atomic E-state index is 12.9. The van der Waals surface area contributed by atoms with Crippen LogP contribution in [0.2, 0.25) is 0 Å². The van der Waals surface area contributed by atoms with Gasteiger partial charge in [0.1, 0.15) is 0 Å². The zero-order valence-electron chi connectivity index (χ0n) is 14.3. The monoisotopic (exact) mass is 356 g/mol. The molecule has 2 fully saturated rings. The average Bonchev–Trinajstić information content (AvgIpc) is 3.09. The fraction of sp³-hybridized carbons (Fsp3) is 0.722. The highest BCUT2D eigenvalue weighted by molar-refractivity contribution is 7.14. The van der Waals surface area contributed by atoms with Crippen molar-refractivity contribution in [3.05, 3.63) is 21.4 Å². The normalized spacial score (nSPS) is 24.0. The van der Waals surface area contributed by atoms with Gasteiger partial charge in [0, 0.05) is 18.0 Å². The molecular formula is C18H29ClN2OS. The van der Waals surface area contributed by atoms with E-state index in [0.717, 1.165) is 75.0 Å². The van der Waals surface area contributed by atoms with Gasteiger partial charge in [0.2, 0.25) is 0 Å². The van der Waals surface area contributed by atoms with Crippen molar-refractivity contribution >= 4 is 29.7 Å². The van der Waals surface area contributed by atoms with E-state index in [-0.39, 0.29) is 18.3 Å². The van der Waals surface area contributed by atoms with E-state index in [9.17, 15) is 4.79 Å². The summed E-state index contributed by atoms with van der Waals surface area (Å²) in [7, 11) is 0. The third-order valence-corrected chi connectivity index (χ3v) is 6.50. The van der Waals surface area contributed by atoms with Crippen molar-refractivity contribution < 1.29 is 4.79 Å². The number of carbonyl (C=O) groups excluding carboxylic acids is 1. The molecule has 0 spiro atoms. The number of halogens is 1. The van der Waals surface area contributed by atoms with Crippen LogP contribution in [0.1, 0.15) is 53.2 Å². The molecule has 1 aromatic rings. The highest BCUT2D eigenvalue weighted by Gasteiger charge is 2.32. The van der Waals surface area contributed by atoms with Crippen LogP contribution in [0.15, 0.2) is 6.07 Å². The minimum atomic E-state index is 0. The summed E-state index contributed by atoms with van der Waals surface area (Å²) in [5, 5.41) is 3.50. The van der Waals surface area contributed by atoms with Crippen molar-refractivity contribution in [2.24, 2.45) is 11.8 Å². The first-order chi connectivity index (χ1) is 10.7. The van der Waals surface area contributed by atoms with Crippen LogP contribution in [-0.4, -0.2) is 37.0 Å². The number of fused-ring (bicyclic) bond motifs is 1. The topological polar surface area (TPSA) is 32.3 Å². The predicted molar refractivity (Wildman–Crippen MR) is 99.9 cm³/mol. The number of thiophene rings is 1. The van der Waals surface area contributed by atoms with Crippen molar-refractivity contribution in [2.45, 2.75) is 46.0 Å². The summed E-state index contributed by atoms with van der Waals surface area (Å²) in [5.41, 5.74) is 1.38. The van der Waals surface area contributed by atoms with Crippen LogP contribution >= 0.6 is 23.7 Å². The molecule has 3 nitrogen and oxygen atoms in total. The number of nitrogens with one attached hydrogen (secondary N) is 1. The molecule has 0 radical (unpaired) electrons. The summed E-state index contributed by atoms with van der Waals surface area (Å²) in [6.07, 6.45) is 5.63. The first-order valence-corrected chi connectivity index (χ1v) is 9.66. The Labute approximate surface area is 150 Å². The van der Waals surface area contributed by atoms with E-state index in [2.05, 4.69) is 30.1 Å². The van der Waals surface area contributed by atoms with Crippen LogP contribution in [-0.2, 0) is 12.8 Å². The Bertz CT molecular complexity index is 517.